The molecule has 4 heteroatoms. The molecule has 0 spiro atoms. The second kappa shape index (κ2) is 4.96. The van der Waals surface area contributed by atoms with Crippen LogP contribution >= 0.6 is 0 Å². The van der Waals surface area contributed by atoms with Crippen LogP contribution in [0.3, 0.4) is 0 Å². The van der Waals surface area contributed by atoms with Gasteiger partial charge in [0.25, 0.3) is 0 Å². The fourth-order valence-corrected chi connectivity index (χ4v) is 1.57. The highest BCUT2D eigenvalue weighted by atomic mass is 19.1. The van der Waals surface area contributed by atoms with E-state index in [0.717, 1.165) is 5.69 Å². The number of halogens is 1. The Morgan fingerprint density at radius 1 is 1.22 bits per heavy atom. The molecule has 0 unspecified atom stereocenters. The highest BCUT2D eigenvalue weighted by Crippen LogP contribution is 2.20. The lowest BCUT2D eigenvalue weighted by Gasteiger charge is -2.05. The van der Waals surface area contributed by atoms with Crippen molar-refractivity contribution in [3.05, 3.63) is 59.2 Å². The first kappa shape index (κ1) is 12.2. The zero-order chi connectivity index (χ0) is 13.1. The maximum atomic E-state index is 13.2. The van der Waals surface area contributed by atoms with E-state index in [-0.39, 0.29) is 11.5 Å². The summed E-state index contributed by atoms with van der Waals surface area (Å²) in [5.41, 5.74) is 1.68. The molecule has 0 N–H and O–H groups in total. The average molecular weight is 245 g/mol. The maximum absolute atomic E-state index is 13.2. The number of nitrogens with zero attached hydrogens (tertiary/aromatic N) is 1. The van der Waals surface area contributed by atoms with Gasteiger partial charge in [-0.1, -0.05) is 0 Å². The van der Waals surface area contributed by atoms with E-state index in [9.17, 15) is 9.18 Å². The van der Waals surface area contributed by atoms with Crippen LogP contribution in [0.1, 0.15) is 21.6 Å². The van der Waals surface area contributed by atoms with Crippen molar-refractivity contribution in [3.8, 4) is 5.75 Å². The number of ketones is 1. The van der Waals surface area contributed by atoms with Gasteiger partial charge in [0.15, 0.2) is 17.3 Å². The zero-order valence-corrected chi connectivity index (χ0v) is 10.1. The Morgan fingerprint density at radius 2 is 1.94 bits per heavy atom. The van der Waals surface area contributed by atoms with Crippen LogP contribution in [0.2, 0.25) is 0 Å². The van der Waals surface area contributed by atoms with Gasteiger partial charge in [-0.2, -0.15) is 0 Å². The minimum Gasteiger partial charge on any atom is -0.494 e. The molecule has 92 valence electrons. The highest BCUT2D eigenvalue weighted by molar-refractivity contribution is 6.09. The standard InChI is InChI=1S/C14H12FNO2/c1-9-3-4-11(8-16-9)14(17)10-5-6-12(15)13(7-10)18-2/h3-8H,1-2H3. The third-order valence-electron chi connectivity index (χ3n) is 2.59. The molecule has 0 atom stereocenters. The lowest BCUT2D eigenvalue weighted by molar-refractivity contribution is 0.103. The summed E-state index contributed by atoms with van der Waals surface area (Å²) < 4.78 is 18.1. The molecule has 0 aliphatic carbocycles. The van der Waals surface area contributed by atoms with Crippen molar-refractivity contribution in [1.29, 1.82) is 0 Å². The van der Waals surface area contributed by atoms with E-state index in [1.165, 1.54) is 31.5 Å². The molecule has 0 saturated heterocycles. The average Bonchev–Trinajstić information content (AvgIpc) is 2.39. The summed E-state index contributed by atoms with van der Waals surface area (Å²) in [5.74, 6) is -0.641. The molecular formula is C14H12FNO2. The highest BCUT2D eigenvalue weighted by Gasteiger charge is 2.12. The molecule has 0 amide bonds. The van der Waals surface area contributed by atoms with Gasteiger partial charge in [0.2, 0.25) is 0 Å². The molecule has 0 saturated carbocycles. The molecule has 1 heterocycles. The van der Waals surface area contributed by atoms with Gasteiger partial charge in [-0.05, 0) is 37.3 Å². The van der Waals surface area contributed by atoms with Crippen LogP contribution in [0.4, 0.5) is 4.39 Å². The van der Waals surface area contributed by atoms with Crippen molar-refractivity contribution in [3.63, 3.8) is 0 Å². The van der Waals surface area contributed by atoms with Gasteiger partial charge >= 0.3 is 0 Å². The van der Waals surface area contributed by atoms with Crippen LogP contribution in [0.15, 0.2) is 36.5 Å². The number of pyridine rings is 1. The van der Waals surface area contributed by atoms with Gasteiger partial charge in [-0.25, -0.2) is 4.39 Å². The Hall–Kier alpha value is -2.23. The van der Waals surface area contributed by atoms with E-state index >= 15 is 0 Å². The molecule has 0 radical (unpaired) electrons. The van der Waals surface area contributed by atoms with E-state index in [2.05, 4.69) is 4.98 Å². The van der Waals surface area contributed by atoms with Gasteiger partial charge in [0.05, 0.1) is 7.11 Å². The smallest absolute Gasteiger partial charge is 0.194 e. The first-order valence-corrected chi connectivity index (χ1v) is 5.42. The summed E-state index contributed by atoms with van der Waals surface area (Å²) in [6.07, 6.45) is 1.51. The Morgan fingerprint density at radius 3 is 2.56 bits per heavy atom. The third kappa shape index (κ3) is 2.37. The SMILES string of the molecule is COc1cc(C(=O)c2ccc(C)nc2)ccc1F. The Kier molecular flexibility index (Phi) is 3.37. The molecule has 0 bridgehead atoms. The lowest BCUT2D eigenvalue weighted by atomic mass is 10.0. The monoisotopic (exact) mass is 245 g/mol. The number of hydrogen-bond acceptors (Lipinski definition) is 3. The number of aromatic nitrogens is 1. The third-order valence-corrected chi connectivity index (χ3v) is 2.59. The van der Waals surface area contributed by atoms with E-state index < -0.39 is 5.82 Å². The molecule has 2 aromatic rings. The Bertz CT molecular complexity index is 579. The number of rotatable bonds is 3. The van der Waals surface area contributed by atoms with Crippen LogP contribution < -0.4 is 4.74 Å². The van der Waals surface area contributed by atoms with Crippen molar-refractivity contribution in [2.45, 2.75) is 6.92 Å². The summed E-state index contributed by atoms with van der Waals surface area (Å²) >= 11 is 0. The number of methoxy groups -OCH3 is 1. The van der Waals surface area contributed by atoms with Crippen LogP contribution in [0, 0.1) is 12.7 Å². The van der Waals surface area contributed by atoms with Crippen molar-refractivity contribution >= 4 is 5.78 Å². The van der Waals surface area contributed by atoms with E-state index in [0.29, 0.717) is 11.1 Å². The molecule has 2 rings (SSSR count). The lowest BCUT2D eigenvalue weighted by Crippen LogP contribution is -2.03. The number of aryl methyl sites for hydroxylation is 1. The van der Waals surface area contributed by atoms with Gasteiger partial charge in [-0.3, -0.25) is 9.78 Å². The molecule has 1 aromatic heterocycles. The second-order valence-corrected chi connectivity index (χ2v) is 3.87. The van der Waals surface area contributed by atoms with Crippen LogP contribution in [0.5, 0.6) is 5.75 Å². The molecule has 3 nitrogen and oxygen atoms in total. The number of hydrogen-bond donors (Lipinski definition) is 0. The predicted octanol–water partition coefficient (Wildman–Crippen LogP) is 2.77. The second-order valence-electron chi connectivity index (χ2n) is 3.87. The Labute approximate surface area is 104 Å². The van der Waals surface area contributed by atoms with E-state index in [4.69, 9.17) is 4.74 Å². The van der Waals surface area contributed by atoms with Crippen molar-refractivity contribution in [2.75, 3.05) is 7.11 Å². The first-order valence-electron chi connectivity index (χ1n) is 5.42. The minimum absolute atomic E-state index is 0.0564. The van der Waals surface area contributed by atoms with E-state index in [1.807, 2.05) is 6.92 Å². The summed E-state index contributed by atoms with van der Waals surface area (Å²) in [4.78, 5) is 16.2. The molecule has 1 aromatic carbocycles. The topological polar surface area (TPSA) is 39.2 Å². The van der Waals surface area contributed by atoms with Gasteiger partial charge in [0, 0.05) is 23.0 Å². The molecule has 0 aliphatic heterocycles. The van der Waals surface area contributed by atoms with Crippen molar-refractivity contribution in [1.82, 2.24) is 4.98 Å². The summed E-state index contributed by atoms with van der Waals surface area (Å²) in [5, 5.41) is 0. The van der Waals surface area contributed by atoms with Gasteiger partial charge in [0.1, 0.15) is 0 Å². The number of carbonyl (C=O) groups excluding carboxylic acids is 1. The molecule has 0 aliphatic rings. The number of benzene rings is 1. The number of carbonyl (C=O) groups is 1. The first-order chi connectivity index (χ1) is 8.61. The van der Waals surface area contributed by atoms with Crippen molar-refractivity contribution < 1.29 is 13.9 Å². The largest absolute Gasteiger partial charge is 0.494 e. The predicted molar refractivity (Wildman–Crippen MR) is 65.4 cm³/mol. The van der Waals surface area contributed by atoms with Gasteiger partial charge in [-0.15, -0.1) is 0 Å². The normalized spacial score (nSPS) is 10.2. The maximum Gasteiger partial charge on any atom is 0.194 e. The van der Waals surface area contributed by atoms with Crippen molar-refractivity contribution in [2.24, 2.45) is 0 Å². The van der Waals surface area contributed by atoms with Crippen LogP contribution in [-0.4, -0.2) is 17.9 Å². The summed E-state index contributed by atoms with van der Waals surface area (Å²) in [6, 6.07) is 7.49. The van der Waals surface area contributed by atoms with Crippen LogP contribution in [-0.2, 0) is 0 Å². The fourth-order valence-electron chi connectivity index (χ4n) is 1.57. The van der Waals surface area contributed by atoms with E-state index in [1.54, 1.807) is 12.1 Å². The fraction of sp³-hybridized carbons (Fsp3) is 0.143. The zero-order valence-electron chi connectivity index (χ0n) is 10.1. The van der Waals surface area contributed by atoms with Crippen LogP contribution in [0.25, 0.3) is 0 Å². The number of ether oxygens (including phenoxy) is 1. The molecule has 18 heavy (non-hydrogen) atoms. The molecule has 0 fully saturated rings. The quantitative estimate of drug-likeness (QED) is 0.780. The summed E-state index contributed by atoms with van der Waals surface area (Å²) in [7, 11) is 1.36. The molecular weight excluding hydrogens is 233 g/mol. The summed E-state index contributed by atoms with van der Waals surface area (Å²) in [6.45, 7) is 1.84. The Balaban J connectivity index is 2.37. The minimum atomic E-state index is -0.490. The van der Waals surface area contributed by atoms with Gasteiger partial charge < -0.3 is 4.74 Å².